The Morgan fingerprint density at radius 2 is 2.41 bits per heavy atom. The number of aromatic nitrogens is 3. The van der Waals surface area contributed by atoms with Gasteiger partial charge in [0.1, 0.15) is 5.69 Å². The molecule has 3 rings (SSSR count). The van der Waals surface area contributed by atoms with Crippen molar-refractivity contribution in [1.82, 2.24) is 20.0 Å². The number of aryl methyl sites for hydroxylation is 1. The van der Waals surface area contributed by atoms with Gasteiger partial charge in [0.05, 0.1) is 6.04 Å². The van der Waals surface area contributed by atoms with Gasteiger partial charge in [-0.15, -0.1) is 0 Å². The molecule has 1 aliphatic heterocycles. The van der Waals surface area contributed by atoms with Crippen LogP contribution < -0.4 is 5.32 Å². The lowest BCUT2D eigenvalue weighted by Crippen LogP contribution is -2.27. The molecule has 0 radical (unpaired) electrons. The van der Waals surface area contributed by atoms with E-state index in [9.17, 15) is 0 Å². The molecule has 1 saturated heterocycles. The van der Waals surface area contributed by atoms with Crippen LogP contribution >= 0.6 is 0 Å². The summed E-state index contributed by atoms with van der Waals surface area (Å²) in [5.41, 5.74) is 0.958. The van der Waals surface area contributed by atoms with Gasteiger partial charge < -0.3 is 14.4 Å². The highest BCUT2D eigenvalue weighted by Crippen LogP contribution is 2.23. The fourth-order valence-electron chi connectivity index (χ4n) is 2.24. The Balaban J connectivity index is 1.85. The number of rotatable bonds is 2. The first-order valence-electron chi connectivity index (χ1n) is 6.03. The third-order valence-corrected chi connectivity index (χ3v) is 3.23. The average Bonchev–Trinajstić information content (AvgIpc) is 2.98. The largest absolute Gasteiger partial charge is 0.347 e. The van der Waals surface area contributed by atoms with Crippen LogP contribution in [0.25, 0.3) is 11.6 Å². The van der Waals surface area contributed by atoms with E-state index in [1.165, 1.54) is 12.8 Å². The van der Waals surface area contributed by atoms with E-state index >= 15 is 0 Å². The highest BCUT2D eigenvalue weighted by Gasteiger charge is 2.21. The Hall–Kier alpha value is -1.62. The lowest BCUT2D eigenvalue weighted by Gasteiger charge is -2.19. The molecule has 2 aromatic rings. The number of nitrogens with zero attached hydrogens (tertiary/aromatic N) is 3. The van der Waals surface area contributed by atoms with Crippen molar-refractivity contribution in [2.75, 3.05) is 6.54 Å². The topological polar surface area (TPSA) is 55.9 Å². The fourth-order valence-corrected chi connectivity index (χ4v) is 2.24. The molecule has 1 N–H and O–H groups in total. The molecule has 5 nitrogen and oxygen atoms in total. The predicted octanol–water partition coefficient (Wildman–Crippen LogP) is 1.89. The van der Waals surface area contributed by atoms with Crippen LogP contribution in [0.1, 0.15) is 31.1 Å². The smallest absolute Gasteiger partial charge is 0.274 e. The maximum Gasteiger partial charge on any atom is 0.274 e. The van der Waals surface area contributed by atoms with Crippen molar-refractivity contribution in [3.8, 4) is 11.6 Å². The van der Waals surface area contributed by atoms with E-state index in [0.29, 0.717) is 5.89 Å². The van der Waals surface area contributed by atoms with Crippen molar-refractivity contribution in [3.05, 3.63) is 24.2 Å². The summed E-state index contributed by atoms with van der Waals surface area (Å²) in [6, 6.07) is 4.20. The molecular weight excluding hydrogens is 216 g/mol. The molecule has 0 aromatic carbocycles. The van der Waals surface area contributed by atoms with E-state index in [4.69, 9.17) is 4.52 Å². The van der Waals surface area contributed by atoms with E-state index in [0.717, 1.165) is 24.5 Å². The quantitative estimate of drug-likeness (QED) is 0.859. The van der Waals surface area contributed by atoms with Gasteiger partial charge in [0.25, 0.3) is 5.89 Å². The van der Waals surface area contributed by atoms with E-state index in [2.05, 4.69) is 15.5 Å². The number of hydrogen-bond acceptors (Lipinski definition) is 4. The molecule has 5 heteroatoms. The highest BCUT2D eigenvalue weighted by molar-refractivity contribution is 5.47. The first-order valence-corrected chi connectivity index (χ1v) is 6.03. The lowest BCUT2D eigenvalue weighted by molar-refractivity contribution is 0.366. The standard InChI is InChI=1S/C12H16N4O/c1-16-8-4-6-10(16)12-14-11(15-17-12)9-5-2-3-7-13-9/h4,6,8-9,13H,2-3,5,7H2,1H3/t9-/m0/s1. The van der Waals surface area contributed by atoms with Crippen molar-refractivity contribution in [3.63, 3.8) is 0 Å². The molecule has 2 aromatic heterocycles. The van der Waals surface area contributed by atoms with Gasteiger partial charge in [0, 0.05) is 13.2 Å². The zero-order valence-corrected chi connectivity index (χ0v) is 9.89. The van der Waals surface area contributed by atoms with Crippen molar-refractivity contribution in [1.29, 1.82) is 0 Å². The van der Waals surface area contributed by atoms with Crippen LogP contribution in [0.15, 0.2) is 22.9 Å². The van der Waals surface area contributed by atoms with Crippen molar-refractivity contribution < 1.29 is 4.52 Å². The molecule has 90 valence electrons. The van der Waals surface area contributed by atoms with Gasteiger partial charge in [-0.1, -0.05) is 11.6 Å². The first-order chi connectivity index (χ1) is 8.34. The second-order valence-corrected chi connectivity index (χ2v) is 4.46. The minimum absolute atomic E-state index is 0.251. The predicted molar refractivity (Wildman–Crippen MR) is 63.3 cm³/mol. The maximum atomic E-state index is 5.32. The van der Waals surface area contributed by atoms with Crippen LogP contribution in [0.3, 0.4) is 0 Å². The molecule has 0 bridgehead atoms. The second kappa shape index (κ2) is 4.33. The Kier molecular flexibility index (Phi) is 2.68. The van der Waals surface area contributed by atoms with Gasteiger partial charge in [0.2, 0.25) is 0 Å². The van der Waals surface area contributed by atoms with Gasteiger partial charge in [0.15, 0.2) is 5.82 Å². The molecule has 0 amide bonds. The van der Waals surface area contributed by atoms with Gasteiger partial charge >= 0.3 is 0 Å². The summed E-state index contributed by atoms with van der Waals surface area (Å²) >= 11 is 0. The zero-order chi connectivity index (χ0) is 11.7. The summed E-state index contributed by atoms with van der Waals surface area (Å²) in [5, 5.41) is 7.49. The summed E-state index contributed by atoms with van der Waals surface area (Å²) in [5.74, 6) is 1.38. The summed E-state index contributed by atoms with van der Waals surface area (Å²) < 4.78 is 7.30. The van der Waals surface area contributed by atoms with Crippen molar-refractivity contribution in [2.24, 2.45) is 7.05 Å². The number of nitrogens with one attached hydrogen (secondary N) is 1. The maximum absolute atomic E-state index is 5.32. The number of piperidine rings is 1. The van der Waals surface area contributed by atoms with Crippen LogP contribution in [-0.4, -0.2) is 21.3 Å². The van der Waals surface area contributed by atoms with Crippen LogP contribution in [0.4, 0.5) is 0 Å². The third kappa shape index (κ3) is 1.98. The van der Waals surface area contributed by atoms with Crippen molar-refractivity contribution in [2.45, 2.75) is 25.3 Å². The van der Waals surface area contributed by atoms with Gasteiger partial charge in [-0.25, -0.2) is 0 Å². The van der Waals surface area contributed by atoms with Gasteiger partial charge in [-0.05, 0) is 31.5 Å². The van der Waals surface area contributed by atoms with Gasteiger partial charge in [-0.3, -0.25) is 0 Å². The SMILES string of the molecule is Cn1cccc1-c1nc([C@@H]2CCCCN2)no1. The van der Waals surface area contributed by atoms with E-state index in [-0.39, 0.29) is 6.04 Å². The van der Waals surface area contributed by atoms with Crippen LogP contribution in [0.2, 0.25) is 0 Å². The Bertz CT molecular complexity index is 496. The Morgan fingerprint density at radius 3 is 3.12 bits per heavy atom. The molecule has 1 aliphatic rings. The van der Waals surface area contributed by atoms with E-state index in [1.807, 2.05) is 29.9 Å². The number of hydrogen-bond donors (Lipinski definition) is 1. The average molecular weight is 232 g/mol. The molecule has 1 fully saturated rings. The summed E-state index contributed by atoms with van der Waals surface area (Å²) in [7, 11) is 1.97. The Morgan fingerprint density at radius 1 is 1.47 bits per heavy atom. The summed E-state index contributed by atoms with van der Waals surface area (Å²) in [6.07, 6.45) is 5.52. The Labute approximate surface area is 99.8 Å². The minimum atomic E-state index is 0.251. The summed E-state index contributed by atoms with van der Waals surface area (Å²) in [6.45, 7) is 1.04. The minimum Gasteiger partial charge on any atom is -0.347 e. The zero-order valence-electron chi connectivity index (χ0n) is 9.89. The molecular formula is C12H16N4O. The molecule has 1 atom stereocenters. The molecule has 3 heterocycles. The monoisotopic (exact) mass is 232 g/mol. The normalized spacial score (nSPS) is 20.6. The molecule has 0 saturated carbocycles. The van der Waals surface area contributed by atoms with Crippen LogP contribution in [0, 0.1) is 0 Å². The highest BCUT2D eigenvalue weighted by atomic mass is 16.5. The van der Waals surface area contributed by atoms with E-state index < -0.39 is 0 Å². The molecule has 0 aliphatic carbocycles. The summed E-state index contributed by atoms with van der Waals surface area (Å²) in [4.78, 5) is 4.48. The first kappa shape index (κ1) is 10.5. The third-order valence-electron chi connectivity index (χ3n) is 3.23. The van der Waals surface area contributed by atoms with E-state index in [1.54, 1.807) is 0 Å². The lowest BCUT2D eigenvalue weighted by atomic mass is 10.0. The van der Waals surface area contributed by atoms with Crippen molar-refractivity contribution >= 4 is 0 Å². The fraction of sp³-hybridized carbons (Fsp3) is 0.500. The molecule has 17 heavy (non-hydrogen) atoms. The van der Waals surface area contributed by atoms with Gasteiger partial charge in [-0.2, -0.15) is 4.98 Å². The van der Waals surface area contributed by atoms with Crippen LogP contribution in [0.5, 0.6) is 0 Å². The molecule has 0 unspecified atom stereocenters. The van der Waals surface area contributed by atoms with Crippen LogP contribution in [-0.2, 0) is 7.05 Å². The second-order valence-electron chi connectivity index (χ2n) is 4.46. The molecule has 0 spiro atoms.